The normalized spacial score (nSPS) is 37.6. The summed E-state index contributed by atoms with van der Waals surface area (Å²) in [6.07, 6.45) is 14.3. The lowest BCUT2D eigenvalue weighted by Crippen LogP contribution is -2.51. The standard InChI is InChI=1S/C27H28O3/c1-3-27(30)12-11-24-22-9-7-19-14-20(29)8-10-21(19)25(22)23(15-26(24,27)2)18-6-4-5-17(13-18)16-28/h1,4-6,13-14,16,22-24,30H,7-12,15H2,2H3/t22-,23+,24-,26-,27-/m0/s1. The van der Waals surface area contributed by atoms with E-state index in [4.69, 9.17) is 6.42 Å². The van der Waals surface area contributed by atoms with E-state index >= 15 is 0 Å². The lowest BCUT2D eigenvalue weighted by atomic mass is 9.51. The highest BCUT2D eigenvalue weighted by Gasteiger charge is 2.62. The number of aldehydes is 1. The second-order valence-electron chi connectivity index (χ2n) is 9.83. The fraction of sp³-hybridized carbons (Fsp3) is 0.481. The molecule has 154 valence electrons. The molecule has 30 heavy (non-hydrogen) atoms. The van der Waals surface area contributed by atoms with Gasteiger partial charge in [-0.1, -0.05) is 36.6 Å². The quantitative estimate of drug-likeness (QED) is 0.575. The number of ketones is 1. The van der Waals surface area contributed by atoms with Gasteiger partial charge in [-0.05, 0) is 79.2 Å². The summed E-state index contributed by atoms with van der Waals surface area (Å²) >= 11 is 0. The largest absolute Gasteiger partial charge is 0.377 e. The zero-order valence-electron chi connectivity index (χ0n) is 17.5. The number of aliphatic hydroxyl groups is 1. The van der Waals surface area contributed by atoms with E-state index in [9.17, 15) is 14.7 Å². The summed E-state index contributed by atoms with van der Waals surface area (Å²) in [6, 6.07) is 7.86. The molecule has 1 N–H and O–H groups in total. The molecule has 0 bridgehead atoms. The van der Waals surface area contributed by atoms with Crippen LogP contribution in [-0.2, 0) is 4.79 Å². The molecule has 0 spiro atoms. The van der Waals surface area contributed by atoms with Crippen molar-refractivity contribution in [2.75, 3.05) is 0 Å². The molecule has 1 aromatic carbocycles. The highest BCUT2D eigenvalue weighted by molar-refractivity contribution is 5.93. The first-order valence-electron chi connectivity index (χ1n) is 11.1. The van der Waals surface area contributed by atoms with Gasteiger partial charge < -0.3 is 5.11 Å². The summed E-state index contributed by atoms with van der Waals surface area (Å²) < 4.78 is 0. The minimum Gasteiger partial charge on any atom is -0.377 e. The van der Waals surface area contributed by atoms with Crippen LogP contribution in [0.15, 0.2) is 47.1 Å². The van der Waals surface area contributed by atoms with Crippen molar-refractivity contribution in [2.24, 2.45) is 17.3 Å². The first-order valence-corrected chi connectivity index (χ1v) is 11.1. The fourth-order valence-electron chi connectivity index (χ4n) is 7.05. The number of terminal acetylenes is 1. The van der Waals surface area contributed by atoms with E-state index in [2.05, 4.69) is 18.9 Å². The number of benzene rings is 1. The minimum atomic E-state index is -1.09. The minimum absolute atomic E-state index is 0.112. The van der Waals surface area contributed by atoms with Crippen molar-refractivity contribution >= 4 is 12.1 Å². The van der Waals surface area contributed by atoms with Crippen LogP contribution in [0.25, 0.3) is 0 Å². The van der Waals surface area contributed by atoms with E-state index in [0.717, 1.165) is 44.0 Å². The van der Waals surface area contributed by atoms with E-state index in [0.29, 0.717) is 30.2 Å². The summed E-state index contributed by atoms with van der Waals surface area (Å²) in [5.74, 6) is 3.83. The third-order valence-electron chi connectivity index (χ3n) is 8.57. The van der Waals surface area contributed by atoms with Gasteiger partial charge in [0.15, 0.2) is 5.78 Å². The topological polar surface area (TPSA) is 54.4 Å². The van der Waals surface area contributed by atoms with Gasteiger partial charge in [0.1, 0.15) is 11.9 Å². The van der Waals surface area contributed by atoms with Gasteiger partial charge in [0, 0.05) is 23.3 Å². The molecule has 0 unspecified atom stereocenters. The van der Waals surface area contributed by atoms with E-state index < -0.39 is 5.60 Å². The van der Waals surface area contributed by atoms with Crippen molar-refractivity contribution in [3.05, 3.63) is 58.2 Å². The van der Waals surface area contributed by atoms with Crippen molar-refractivity contribution < 1.29 is 14.7 Å². The van der Waals surface area contributed by atoms with E-state index in [1.165, 1.54) is 16.7 Å². The average molecular weight is 401 g/mol. The molecule has 0 aliphatic heterocycles. The van der Waals surface area contributed by atoms with Crippen LogP contribution in [0.2, 0.25) is 0 Å². The Balaban J connectivity index is 1.71. The molecule has 0 aromatic heterocycles. The number of fused-ring (bicyclic) bond motifs is 4. The van der Waals surface area contributed by atoms with Crippen LogP contribution in [0, 0.1) is 29.6 Å². The molecular formula is C27H28O3. The van der Waals surface area contributed by atoms with Crippen molar-refractivity contribution in [3.8, 4) is 12.3 Å². The number of carbonyl (C=O) groups is 2. The first-order chi connectivity index (χ1) is 14.4. The molecule has 3 heteroatoms. The Labute approximate surface area is 178 Å². The predicted molar refractivity (Wildman–Crippen MR) is 116 cm³/mol. The molecule has 0 amide bonds. The molecule has 3 nitrogen and oxygen atoms in total. The molecule has 5 atom stereocenters. The number of rotatable bonds is 2. The van der Waals surface area contributed by atoms with Gasteiger partial charge >= 0.3 is 0 Å². The summed E-state index contributed by atoms with van der Waals surface area (Å²) in [7, 11) is 0. The highest BCUT2D eigenvalue weighted by atomic mass is 16.3. The van der Waals surface area contributed by atoms with Crippen LogP contribution >= 0.6 is 0 Å². The van der Waals surface area contributed by atoms with E-state index in [1.54, 1.807) is 0 Å². The maximum Gasteiger partial charge on any atom is 0.156 e. The Morgan fingerprint density at radius 1 is 1.23 bits per heavy atom. The van der Waals surface area contributed by atoms with Crippen LogP contribution in [0.5, 0.6) is 0 Å². The Bertz CT molecular complexity index is 1040. The van der Waals surface area contributed by atoms with Crippen LogP contribution < -0.4 is 0 Å². The summed E-state index contributed by atoms with van der Waals surface area (Å²) in [5, 5.41) is 11.4. The monoisotopic (exact) mass is 400 g/mol. The van der Waals surface area contributed by atoms with E-state index in [-0.39, 0.29) is 17.1 Å². The van der Waals surface area contributed by atoms with Gasteiger partial charge in [-0.25, -0.2) is 0 Å². The zero-order valence-corrected chi connectivity index (χ0v) is 17.5. The lowest BCUT2D eigenvalue weighted by Gasteiger charge is -2.53. The van der Waals surface area contributed by atoms with Crippen LogP contribution in [-0.4, -0.2) is 22.8 Å². The number of carbonyl (C=O) groups excluding carboxylic acids is 2. The third-order valence-corrected chi connectivity index (χ3v) is 8.57. The van der Waals surface area contributed by atoms with Crippen LogP contribution in [0.3, 0.4) is 0 Å². The first kappa shape index (κ1) is 19.5. The zero-order chi connectivity index (χ0) is 21.1. The molecule has 2 fully saturated rings. The van der Waals surface area contributed by atoms with Crippen molar-refractivity contribution in [1.29, 1.82) is 0 Å². The highest BCUT2D eigenvalue weighted by Crippen LogP contribution is 2.66. The van der Waals surface area contributed by atoms with Crippen molar-refractivity contribution in [1.82, 2.24) is 0 Å². The SMILES string of the molecule is C#C[C@]1(O)CC[C@H]2[C@@H]3CCC4=CC(=O)CCC4=C3[C@@H](c3cccc(C=O)c3)C[C@@]21C. The Hall–Kier alpha value is -2.44. The summed E-state index contributed by atoms with van der Waals surface area (Å²) in [6.45, 7) is 2.18. The molecule has 4 aliphatic rings. The predicted octanol–water partition coefficient (Wildman–Crippen LogP) is 4.76. The number of allylic oxidation sites excluding steroid dienone is 4. The van der Waals surface area contributed by atoms with Crippen LogP contribution in [0.1, 0.15) is 73.7 Å². The molecule has 4 aliphatic carbocycles. The summed E-state index contributed by atoms with van der Waals surface area (Å²) in [5.41, 5.74) is 4.37. The van der Waals surface area contributed by atoms with Gasteiger partial charge in [0.25, 0.3) is 0 Å². The van der Waals surface area contributed by atoms with Gasteiger partial charge in [-0.3, -0.25) is 9.59 Å². The summed E-state index contributed by atoms with van der Waals surface area (Å²) in [4.78, 5) is 23.5. The second kappa shape index (κ2) is 6.79. The maximum absolute atomic E-state index is 12.1. The number of hydrogen-bond donors (Lipinski definition) is 1. The molecule has 0 saturated heterocycles. The number of hydrogen-bond acceptors (Lipinski definition) is 3. The average Bonchev–Trinajstić information content (AvgIpc) is 3.04. The smallest absolute Gasteiger partial charge is 0.156 e. The van der Waals surface area contributed by atoms with Crippen molar-refractivity contribution in [2.45, 2.75) is 63.4 Å². The molecular weight excluding hydrogens is 372 g/mol. The molecule has 0 radical (unpaired) electrons. The van der Waals surface area contributed by atoms with Crippen LogP contribution in [0.4, 0.5) is 0 Å². The van der Waals surface area contributed by atoms with E-state index in [1.807, 2.05) is 24.3 Å². The van der Waals surface area contributed by atoms with Gasteiger partial charge in [0.2, 0.25) is 0 Å². The Morgan fingerprint density at radius 2 is 2.07 bits per heavy atom. The van der Waals surface area contributed by atoms with Gasteiger partial charge in [-0.2, -0.15) is 0 Å². The van der Waals surface area contributed by atoms with Gasteiger partial charge in [0.05, 0.1) is 0 Å². The second-order valence-corrected chi connectivity index (χ2v) is 9.83. The molecule has 2 saturated carbocycles. The third kappa shape index (κ3) is 2.63. The molecule has 5 rings (SSSR count). The molecule has 0 heterocycles. The maximum atomic E-state index is 12.1. The fourth-order valence-corrected chi connectivity index (χ4v) is 7.05. The molecule has 1 aromatic rings. The lowest BCUT2D eigenvalue weighted by molar-refractivity contribution is -0.114. The van der Waals surface area contributed by atoms with Gasteiger partial charge in [-0.15, -0.1) is 6.42 Å². The Kier molecular flexibility index (Phi) is 4.42. The Morgan fingerprint density at radius 3 is 2.83 bits per heavy atom. The van der Waals surface area contributed by atoms with Crippen molar-refractivity contribution in [3.63, 3.8) is 0 Å².